The van der Waals surface area contributed by atoms with Gasteiger partial charge in [0, 0.05) is 65.3 Å². The topological polar surface area (TPSA) is 46.7 Å². The van der Waals surface area contributed by atoms with Crippen LogP contribution >= 0.6 is 0 Å². The average molecular weight is 765 g/mol. The molecule has 0 amide bonds. The Bertz CT molecular complexity index is 2280. The van der Waals surface area contributed by atoms with Crippen LogP contribution in [-0.4, -0.2) is 76.9 Å². The van der Waals surface area contributed by atoms with E-state index in [1.165, 1.54) is 79.4 Å². The van der Waals surface area contributed by atoms with E-state index in [0.29, 0.717) is 71.6 Å². The second kappa shape index (κ2) is 13.3. The first-order valence-corrected chi connectivity index (χ1v) is 23.1. The SMILES string of the molecule is CC1=C(c2ccccc2Cc2ccccc2)C2NCCC3B4C5CCNC6C7=C(N(c8ccccc8)C8CCCCC78)N(C7CC(c8ccccn8)CC(C47)N1C32)C56. The maximum absolute atomic E-state index is 5.16. The Kier molecular flexibility index (Phi) is 7.94. The molecule has 7 aliphatic heterocycles. The van der Waals surface area contributed by atoms with Crippen LogP contribution in [0.5, 0.6) is 0 Å². The van der Waals surface area contributed by atoms with Gasteiger partial charge in [-0.3, -0.25) is 4.98 Å². The molecule has 2 N–H and O–H groups in total. The summed E-state index contributed by atoms with van der Waals surface area (Å²) < 4.78 is 0. The predicted octanol–water partition coefficient (Wildman–Crippen LogP) is 8.73. The number of hydrogen-bond donors (Lipinski definition) is 2. The Morgan fingerprint density at radius 1 is 0.690 bits per heavy atom. The van der Waals surface area contributed by atoms with E-state index in [9.17, 15) is 0 Å². The molecule has 0 bridgehead atoms. The third-order valence-electron chi connectivity index (χ3n) is 17.3. The first-order chi connectivity index (χ1) is 28.7. The van der Waals surface area contributed by atoms with E-state index >= 15 is 0 Å². The van der Waals surface area contributed by atoms with Crippen molar-refractivity contribution in [2.45, 2.75) is 130 Å². The Morgan fingerprint density at radius 3 is 2.17 bits per heavy atom. The van der Waals surface area contributed by atoms with Crippen molar-refractivity contribution in [3.8, 4) is 0 Å². The fourth-order valence-corrected chi connectivity index (χ4v) is 15.6. The number of piperidine rings is 2. The van der Waals surface area contributed by atoms with Gasteiger partial charge in [0.2, 0.25) is 0 Å². The maximum atomic E-state index is 5.16. The monoisotopic (exact) mass is 764 g/mol. The molecule has 6 fully saturated rings. The number of rotatable bonds is 5. The van der Waals surface area contributed by atoms with Gasteiger partial charge < -0.3 is 25.3 Å². The fraction of sp³-hybridized carbons (Fsp3) is 0.471. The van der Waals surface area contributed by atoms with Crippen LogP contribution in [0, 0.1) is 5.92 Å². The number of hydrogen-bond acceptors (Lipinski definition) is 6. The lowest BCUT2D eigenvalue weighted by Gasteiger charge is -2.67. The van der Waals surface area contributed by atoms with E-state index in [1.807, 2.05) is 0 Å². The molecule has 12 atom stereocenters. The number of anilines is 1. The molecule has 8 heterocycles. The minimum atomic E-state index is 0.365. The first kappa shape index (κ1) is 34.5. The van der Waals surface area contributed by atoms with Crippen LogP contribution in [-0.2, 0) is 6.42 Å². The average Bonchev–Trinajstić information content (AvgIpc) is 3.91. The van der Waals surface area contributed by atoms with E-state index in [1.54, 1.807) is 22.7 Å². The Balaban J connectivity index is 0.984. The highest BCUT2D eigenvalue weighted by Gasteiger charge is 2.70. The lowest BCUT2D eigenvalue weighted by Crippen LogP contribution is -2.75. The van der Waals surface area contributed by atoms with Crippen LogP contribution in [0.1, 0.15) is 86.6 Å². The van der Waals surface area contributed by atoms with Crippen LogP contribution in [0.25, 0.3) is 5.57 Å². The van der Waals surface area contributed by atoms with Crippen molar-refractivity contribution in [2.24, 2.45) is 5.92 Å². The zero-order valence-electron chi connectivity index (χ0n) is 34.0. The maximum Gasteiger partial charge on any atom is 0.159 e. The molecule has 2 aliphatic carbocycles. The zero-order chi connectivity index (χ0) is 38.1. The van der Waals surface area contributed by atoms with E-state index in [2.05, 4.69) is 142 Å². The molecule has 58 heavy (non-hydrogen) atoms. The molecule has 0 radical (unpaired) electrons. The first-order valence-electron chi connectivity index (χ1n) is 23.1. The molecule has 2 saturated carbocycles. The molecule has 13 rings (SSSR count). The summed E-state index contributed by atoms with van der Waals surface area (Å²) in [4.78, 5) is 14.3. The molecular formula is C51H57BN6. The molecule has 0 spiro atoms. The summed E-state index contributed by atoms with van der Waals surface area (Å²) in [5.41, 5.74) is 12.0. The quantitative estimate of drug-likeness (QED) is 0.199. The second-order valence-electron chi connectivity index (χ2n) is 19.5. The lowest BCUT2D eigenvalue weighted by molar-refractivity contribution is 0.0210. The van der Waals surface area contributed by atoms with E-state index < -0.39 is 0 Å². The Morgan fingerprint density at radius 2 is 1.38 bits per heavy atom. The number of aromatic nitrogens is 1. The predicted molar refractivity (Wildman–Crippen MR) is 235 cm³/mol. The smallest absolute Gasteiger partial charge is 0.159 e. The third kappa shape index (κ3) is 4.83. The molecule has 12 unspecified atom stereocenters. The molecule has 9 aliphatic rings. The summed E-state index contributed by atoms with van der Waals surface area (Å²) in [5.74, 6) is 4.79. The molecule has 6 nitrogen and oxygen atoms in total. The van der Waals surface area contributed by atoms with E-state index in [-0.39, 0.29) is 0 Å². The lowest BCUT2D eigenvalue weighted by atomic mass is 9.19. The summed E-state index contributed by atoms with van der Waals surface area (Å²) in [6.07, 6.45) is 13.4. The van der Waals surface area contributed by atoms with Gasteiger partial charge in [-0.15, -0.1) is 0 Å². The zero-order valence-corrected chi connectivity index (χ0v) is 34.0. The van der Waals surface area contributed by atoms with Crippen molar-refractivity contribution in [1.29, 1.82) is 0 Å². The van der Waals surface area contributed by atoms with Gasteiger partial charge in [0.05, 0.1) is 12.1 Å². The minimum absolute atomic E-state index is 0.365. The summed E-state index contributed by atoms with van der Waals surface area (Å²) in [5, 5.41) is 8.52. The summed E-state index contributed by atoms with van der Waals surface area (Å²) >= 11 is 0. The third-order valence-corrected chi connectivity index (χ3v) is 17.3. The summed E-state index contributed by atoms with van der Waals surface area (Å²) in [6.45, 7) is 5.55. The van der Waals surface area contributed by atoms with E-state index in [4.69, 9.17) is 4.98 Å². The number of allylic oxidation sites excluding steroid dienone is 1. The molecule has 3 aromatic carbocycles. The molecule has 7 heteroatoms. The van der Waals surface area contributed by atoms with Crippen LogP contribution in [0.4, 0.5) is 5.69 Å². The number of pyridine rings is 1. The van der Waals surface area contributed by atoms with Crippen LogP contribution in [0.15, 0.2) is 126 Å². The molecule has 4 aromatic rings. The standard InChI is InChI=1S/C51H57BN6/c1-31-44(36-19-9-8-16-33(36)28-32-14-4-2-5-15-32)47-49-38(23-26-54-47)52-39-24-27-55-48-45-37-20-10-11-22-41(37)57(35-17-6-3-7-18-35)51(45)58(50(39)48)43-30-34(40-21-12-13-25-53-40)29-42(46(43)52)56(31)49/h2-9,12-19,21,25,34,37-39,41-43,46-50,54-55H,10-11,20,22-24,26-30H2,1H3. The van der Waals surface area contributed by atoms with Gasteiger partial charge in [0.15, 0.2) is 6.71 Å². The number of fused-ring (bicyclic) bond motifs is 8. The van der Waals surface area contributed by atoms with Gasteiger partial charge in [-0.2, -0.15) is 0 Å². The highest BCUT2D eigenvalue weighted by atomic mass is 15.4. The van der Waals surface area contributed by atoms with Crippen molar-refractivity contribution in [1.82, 2.24) is 25.4 Å². The van der Waals surface area contributed by atoms with Crippen molar-refractivity contribution in [2.75, 3.05) is 18.0 Å². The number of para-hydroxylation sites is 1. The van der Waals surface area contributed by atoms with Crippen LogP contribution in [0.2, 0.25) is 17.5 Å². The highest BCUT2D eigenvalue weighted by Crippen LogP contribution is 2.67. The van der Waals surface area contributed by atoms with E-state index in [0.717, 1.165) is 26.2 Å². The normalized spacial score (nSPS) is 36.7. The number of benzene rings is 3. The van der Waals surface area contributed by atoms with Gasteiger partial charge >= 0.3 is 0 Å². The van der Waals surface area contributed by atoms with Crippen molar-refractivity contribution in [3.05, 3.63) is 149 Å². The van der Waals surface area contributed by atoms with Gasteiger partial charge in [-0.05, 0) is 135 Å². The minimum Gasteiger partial charge on any atom is -0.368 e. The van der Waals surface area contributed by atoms with Gasteiger partial charge in [-0.25, -0.2) is 0 Å². The van der Waals surface area contributed by atoms with Gasteiger partial charge in [-0.1, -0.05) is 91.7 Å². The number of nitrogens with one attached hydrogen (secondary N) is 2. The summed E-state index contributed by atoms with van der Waals surface area (Å²) in [6, 6.07) is 42.3. The molecule has 4 saturated heterocycles. The fourth-order valence-electron chi connectivity index (χ4n) is 15.6. The Hall–Kier alpha value is -4.33. The molecular weight excluding hydrogens is 707 g/mol. The largest absolute Gasteiger partial charge is 0.368 e. The number of nitrogens with zero attached hydrogens (tertiary/aromatic N) is 4. The van der Waals surface area contributed by atoms with Crippen molar-refractivity contribution < 1.29 is 0 Å². The molecule has 1 aromatic heterocycles. The Labute approximate surface area is 345 Å². The second-order valence-corrected chi connectivity index (χ2v) is 19.5. The van der Waals surface area contributed by atoms with Gasteiger partial charge in [0.1, 0.15) is 5.82 Å². The highest BCUT2D eigenvalue weighted by molar-refractivity contribution is 6.65. The van der Waals surface area contributed by atoms with Crippen molar-refractivity contribution >= 4 is 18.0 Å². The molecule has 294 valence electrons. The van der Waals surface area contributed by atoms with Crippen molar-refractivity contribution in [3.63, 3.8) is 0 Å². The van der Waals surface area contributed by atoms with Gasteiger partial charge in [0.25, 0.3) is 0 Å². The summed E-state index contributed by atoms with van der Waals surface area (Å²) in [7, 11) is 0. The van der Waals surface area contributed by atoms with Crippen LogP contribution < -0.4 is 15.5 Å². The van der Waals surface area contributed by atoms with Crippen LogP contribution in [0.3, 0.4) is 0 Å².